The van der Waals surface area contributed by atoms with Gasteiger partial charge in [-0.1, -0.05) is 12.1 Å². The maximum absolute atomic E-state index is 9.98. The van der Waals surface area contributed by atoms with E-state index in [1.165, 1.54) is 13.1 Å². The zero-order valence-electron chi connectivity index (χ0n) is 5.05. The van der Waals surface area contributed by atoms with Crippen molar-refractivity contribution in [1.29, 1.82) is 0 Å². The third-order valence-corrected chi connectivity index (χ3v) is 0.438. The van der Waals surface area contributed by atoms with Crippen LogP contribution in [0.25, 0.3) is 0 Å². The van der Waals surface area contributed by atoms with E-state index in [-0.39, 0.29) is 5.97 Å². The van der Waals surface area contributed by atoms with Crippen molar-refractivity contribution in [2.24, 2.45) is 5.16 Å². The van der Waals surface area contributed by atoms with Crippen molar-refractivity contribution >= 4 is 12.2 Å². The Kier molecular flexibility index (Phi) is 3.84. The van der Waals surface area contributed by atoms with Gasteiger partial charge in [0.15, 0.2) is 0 Å². The van der Waals surface area contributed by atoms with Crippen molar-refractivity contribution in [3.05, 3.63) is 0 Å². The van der Waals surface area contributed by atoms with Gasteiger partial charge in [0.2, 0.25) is 0 Å². The molecule has 8 heavy (non-hydrogen) atoms. The zero-order valence-corrected chi connectivity index (χ0v) is 5.05. The zero-order chi connectivity index (χ0) is 6.41. The molecule has 0 aliphatic heterocycles. The van der Waals surface area contributed by atoms with E-state index in [1.807, 2.05) is 6.92 Å². The SMILES string of the molecule is CC/C=N/OC(C)=O. The van der Waals surface area contributed by atoms with Crippen LogP contribution < -0.4 is 0 Å². The van der Waals surface area contributed by atoms with Crippen LogP contribution in [0.15, 0.2) is 5.16 Å². The molecule has 0 rings (SSSR count). The fourth-order valence-electron chi connectivity index (χ4n) is 0.186. The summed E-state index contributed by atoms with van der Waals surface area (Å²) in [5.41, 5.74) is 0. The van der Waals surface area contributed by atoms with Crippen molar-refractivity contribution in [1.82, 2.24) is 0 Å². The van der Waals surface area contributed by atoms with Crippen LogP contribution >= 0.6 is 0 Å². The van der Waals surface area contributed by atoms with Crippen LogP contribution in [0, 0.1) is 0 Å². The number of oxime groups is 1. The highest BCUT2D eigenvalue weighted by Gasteiger charge is 1.83. The molecular formula is C5H9NO2. The van der Waals surface area contributed by atoms with E-state index in [0.717, 1.165) is 6.42 Å². The first kappa shape index (κ1) is 7.14. The van der Waals surface area contributed by atoms with Crippen molar-refractivity contribution in [2.75, 3.05) is 0 Å². The molecule has 0 bridgehead atoms. The van der Waals surface area contributed by atoms with Gasteiger partial charge in [-0.3, -0.25) is 0 Å². The molecule has 0 aromatic heterocycles. The van der Waals surface area contributed by atoms with Gasteiger partial charge in [0.25, 0.3) is 0 Å². The van der Waals surface area contributed by atoms with Crippen LogP contribution in [0.1, 0.15) is 20.3 Å². The molecule has 3 nitrogen and oxygen atoms in total. The summed E-state index contributed by atoms with van der Waals surface area (Å²) in [5, 5.41) is 3.31. The summed E-state index contributed by atoms with van der Waals surface area (Å²) in [4.78, 5) is 14.2. The third-order valence-electron chi connectivity index (χ3n) is 0.438. The second-order valence-electron chi connectivity index (χ2n) is 1.28. The normalized spacial score (nSPS) is 9.75. The van der Waals surface area contributed by atoms with E-state index in [2.05, 4.69) is 9.99 Å². The van der Waals surface area contributed by atoms with Gasteiger partial charge in [-0.15, -0.1) is 0 Å². The van der Waals surface area contributed by atoms with Crippen LogP contribution in [0.3, 0.4) is 0 Å². The Morgan fingerprint density at radius 2 is 2.50 bits per heavy atom. The quantitative estimate of drug-likeness (QED) is 0.305. The second kappa shape index (κ2) is 4.30. The molecule has 0 heterocycles. The Hall–Kier alpha value is -0.860. The minimum absolute atomic E-state index is 0.380. The van der Waals surface area contributed by atoms with E-state index in [4.69, 9.17) is 0 Å². The Morgan fingerprint density at radius 3 is 2.88 bits per heavy atom. The molecular weight excluding hydrogens is 106 g/mol. The first-order chi connectivity index (χ1) is 3.77. The summed E-state index contributed by atoms with van der Waals surface area (Å²) < 4.78 is 0. The molecule has 46 valence electrons. The van der Waals surface area contributed by atoms with E-state index in [9.17, 15) is 4.79 Å². The summed E-state index contributed by atoms with van der Waals surface area (Å²) in [6.45, 7) is 3.22. The van der Waals surface area contributed by atoms with Gasteiger partial charge >= 0.3 is 5.97 Å². The van der Waals surface area contributed by atoms with Gasteiger partial charge < -0.3 is 4.84 Å². The van der Waals surface area contributed by atoms with Crippen molar-refractivity contribution in [2.45, 2.75) is 20.3 Å². The predicted octanol–water partition coefficient (Wildman–Crippen LogP) is 0.945. The molecule has 0 unspecified atom stereocenters. The van der Waals surface area contributed by atoms with Crippen LogP contribution in [-0.2, 0) is 9.63 Å². The van der Waals surface area contributed by atoms with E-state index in [1.54, 1.807) is 0 Å². The molecule has 0 fully saturated rings. The average molecular weight is 115 g/mol. The topological polar surface area (TPSA) is 38.7 Å². The molecule has 0 aromatic rings. The Bertz CT molecular complexity index is 98.6. The summed E-state index contributed by atoms with van der Waals surface area (Å²) >= 11 is 0. The lowest BCUT2D eigenvalue weighted by molar-refractivity contribution is -0.140. The molecule has 0 N–H and O–H groups in total. The lowest BCUT2D eigenvalue weighted by atomic mass is 10.6. The largest absolute Gasteiger partial charge is 0.331 e. The van der Waals surface area contributed by atoms with Crippen LogP contribution in [-0.4, -0.2) is 12.2 Å². The highest BCUT2D eigenvalue weighted by Crippen LogP contribution is 1.75. The Balaban J connectivity index is 3.16. The van der Waals surface area contributed by atoms with E-state index < -0.39 is 0 Å². The van der Waals surface area contributed by atoms with Crippen molar-refractivity contribution in [3.8, 4) is 0 Å². The number of nitrogens with zero attached hydrogens (tertiary/aromatic N) is 1. The molecule has 0 saturated carbocycles. The predicted molar refractivity (Wildman–Crippen MR) is 30.5 cm³/mol. The fraction of sp³-hybridized carbons (Fsp3) is 0.600. The molecule has 0 amide bonds. The average Bonchev–Trinajstić information content (AvgIpc) is 1.66. The number of hydrogen-bond donors (Lipinski definition) is 0. The molecule has 0 aromatic carbocycles. The molecule has 0 aliphatic carbocycles. The van der Waals surface area contributed by atoms with E-state index in [0.29, 0.717) is 0 Å². The Morgan fingerprint density at radius 1 is 1.88 bits per heavy atom. The number of hydrogen-bond acceptors (Lipinski definition) is 3. The summed E-state index contributed by atoms with van der Waals surface area (Å²) in [5.74, 6) is -0.380. The molecule has 3 heteroatoms. The van der Waals surface area contributed by atoms with Crippen LogP contribution in [0.5, 0.6) is 0 Å². The van der Waals surface area contributed by atoms with Gasteiger partial charge in [-0.2, -0.15) is 0 Å². The summed E-state index contributed by atoms with van der Waals surface area (Å²) in [6.07, 6.45) is 2.31. The highest BCUT2D eigenvalue weighted by molar-refractivity contribution is 5.67. The summed E-state index contributed by atoms with van der Waals surface area (Å²) in [6, 6.07) is 0. The van der Waals surface area contributed by atoms with Gasteiger partial charge in [0.1, 0.15) is 0 Å². The fourth-order valence-corrected chi connectivity index (χ4v) is 0.186. The van der Waals surface area contributed by atoms with Crippen molar-refractivity contribution in [3.63, 3.8) is 0 Å². The molecule has 0 atom stereocenters. The number of carbonyl (C=O) groups is 1. The lowest BCUT2D eigenvalue weighted by Gasteiger charge is -1.84. The maximum Gasteiger partial charge on any atom is 0.331 e. The molecule has 0 saturated heterocycles. The van der Waals surface area contributed by atoms with Gasteiger partial charge in [-0.05, 0) is 6.42 Å². The van der Waals surface area contributed by atoms with Gasteiger partial charge in [-0.25, -0.2) is 4.79 Å². The first-order valence-corrected chi connectivity index (χ1v) is 2.46. The monoisotopic (exact) mass is 115 g/mol. The number of carbonyl (C=O) groups excluding carboxylic acids is 1. The van der Waals surface area contributed by atoms with Crippen LogP contribution in [0.2, 0.25) is 0 Å². The second-order valence-corrected chi connectivity index (χ2v) is 1.28. The maximum atomic E-state index is 9.98. The van der Waals surface area contributed by atoms with Crippen molar-refractivity contribution < 1.29 is 9.63 Å². The highest BCUT2D eigenvalue weighted by atomic mass is 16.7. The summed E-state index contributed by atoms with van der Waals surface area (Å²) in [7, 11) is 0. The van der Waals surface area contributed by atoms with Gasteiger partial charge in [0, 0.05) is 13.1 Å². The lowest BCUT2D eigenvalue weighted by Crippen LogP contribution is -1.90. The smallest absolute Gasteiger partial charge is 0.319 e. The third kappa shape index (κ3) is 5.14. The van der Waals surface area contributed by atoms with E-state index >= 15 is 0 Å². The molecule has 0 aliphatic rings. The van der Waals surface area contributed by atoms with Crippen LogP contribution in [0.4, 0.5) is 0 Å². The van der Waals surface area contributed by atoms with Gasteiger partial charge in [0.05, 0.1) is 0 Å². The molecule has 0 radical (unpaired) electrons. The minimum atomic E-state index is -0.380. The minimum Gasteiger partial charge on any atom is -0.319 e. The number of rotatable bonds is 2. The Labute approximate surface area is 48.3 Å². The standard InChI is InChI=1S/C5H9NO2/c1-3-4-6-8-5(2)7/h4H,3H2,1-2H3/b6-4+. The molecule has 0 spiro atoms. The first-order valence-electron chi connectivity index (χ1n) is 2.46.